The summed E-state index contributed by atoms with van der Waals surface area (Å²) >= 11 is 0. The van der Waals surface area contributed by atoms with Crippen LogP contribution in [0.15, 0.2) is 23.1 Å². The number of aromatic nitrogens is 2. The van der Waals surface area contributed by atoms with Gasteiger partial charge in [-0.15, -0.1) is 0 Å². The van der Waals surface area contributed by atoms with E-state index in [-0.39, 0.29) is 23.4 Å². The molecule has 146 valence electrons. The van der Waals surface area contributed by atoms with E-state index in [1.165, 1.54) is 0 Å². The number of nitrogens with zero attached hydrogens (tertiary/aromatic N) is 3. The van der Waals surface area contributed by atoms with Gasteiger partial charge in [-0.1, -0.05) is 6.42 Å². The van der Waals surface area contributed by atoms with Crippen molar-refractivity contribution in [2.75, 3.05) is 13.1 Å². The fraction of sp³-hybridized carbons (Fsp3) is 0.579. The van der Waals surface area contributed by atoms with Crippen molar-refractivity contribution in [1.29, 1.82) is 0 Å². The molecule has 2 fully saturated rings. The molecule has 1 aromatic heterocycles. The first kappa shape index (κ1) is 18.4. The molecule has 2 aromatic rings. The smallest absolute Gasteiger partial charge is 0.309 e. The lowest BCUT2D eigenvalue weighted by molar-refractivity contribution is -0.146. The van der Waals surface area contributed by atoms with E-state index in [0.29, 0.717) is 31.0 Å². The first-order valence-corrected chi connectivity index (χ1v) is 11.1. The summed E-state index contributed by atoms with van der Waals surface area (Å²) in [5.74, 6) is 0.526. The third-order valence-corrected chi connectivity index (χ3v) is 7.22. The number of esters is 1. The van der Waals surface area contributed by atoms with Crippen LogP contribution < -0.4 is 0 Å². The van der Waals surface area contributed by atoms with E-state index in [9.17, 15) is 13.2 Å². The number of imidazole rings is 1. The molecule has 1 aliphatic heterocycles. The van der Waals surface area contributed by atoms with E-state index < -0.39 is 10.0 Å². The van der Waals surface area contributed by atoms with Crippen LogP contribution in [0.4, 0.5) is 0 Å². The number of carbonyl (C=O) groups excluding carboxylic acids is 1. The summed E-state index contributed by atoms with van der Waals surface area (Å²) in [4.78, 5) is 16.6. The summed E-state index contributed by atoms with van der Waals surface area (Å²) < 4.78 is 34.7. The van der Waals surface area contributed by atoms with Gasteiger partial charge in [0.1, 0.15) is 12.4 Å². The van der Waals surface area contributed by atoms with Gasteiger partial charge in [0.25, 0.3) is 0 Å². The largest absolute Gasteiger partial charge is 0.457 e. The molecule has 0 amide bonds. The monoisotopic (exact) mass is 391 g/mol. The molecule has 2 heterocycles. The van der Waals surface area contributed by atoms with Gasteiger partial charge in [-0.25, -0.2) is 13.4 Å². The van der Waals surface area contributed by atoms with Crippen molar-refractivity contribution in [2.24, 2.45) is 5.92 Å². The molecule has 0 unspecified atom stereocenters. The van der Waals surface area contributed by atoms with Crippen LogP contribution in [0.2, 0.25) is 0 Å². The van der Waals surface area contributed by atoms with Gasteiger partial charge in [-0.3, -0.25) is 4.79 Å². The lowest BCUT2D eigenvalue weighted by atomic mass is 10.2. The van der Waals surface area contributed by atoms with Crippen LogP contribution in [0.5, 0.6) is 0 Å². The fourth-order valence-corrected chi connectivity index (χ4v) is 5.15. The lowest BCUT2D eigenvalue weighted by Gasteiger charge is -2.25. The molecule has 1 saturated carbocycles. The Kier molecular flexibility index (Phi) is 4.94. The van der Waals surface area contributed by atoms with Gasteiger partial charge < -0.3 is 9.30 Å². The van der Waals surface area contributed by atoms with E-state index in [1.54, 1.807) is 22.5 Å². The van der Waals surface area contributed by atoms with Crippen LogP contribution in [0.3, 0.4) is 0 Å². The average molecular weight is 391 g/mol. The molecule has 2 aliphatic rings. The summed E-state index contributed by atoms with van der Waals surface area (Å²) in [7, 11) is -3.49. The zero-order valence-corrected chi connectivity index (χ0v) is 16.4. The number of benzene rings is 1. The van der Waals surface area contributed by atoms with Crippen molar-refractivity contribution in [3.05, 3.63) is 24.0 Å². The number of ether oxygens (including phenoxy) is 1. The highest BCUT2D eigenvalue weighted by Gasteiger charge is 2.31. The van der Waals surface area contributed by atoms with Crippen LogP contribution >= 0.6 is 0 Å². The van der Waals surface area contributed by atoms with Crippen molar-refractivity contribution in [2.45, 2.75) is 57.1 Å². The molecular formula is C19H25N3O4S. The van der Waals surface area contributed by atoms with E-state index in [1.807, 2.05) is 11.5 Å². The summed E-state index contributed by atoms with van der Waals surface area (Å²) in [5.41, 5.74) is 1.47. The predicted octanol–water partition coefficient (Wildman–Crippen LogP) is 2.68. The average Bonchev–Trinajstić information content (AvgIpc) is 3.47. The standard InChI is InChI=1S/C19H25N3O4S/c1-2-22-17-9-8-15(27(24,25)21-10-4-3-5-11-21)12-16(17)20-18(22)13-26-19(23)14-6-7-14/h8-9,12,14H,2-7,10-11,13H2,1H3. The van der Waals surface area contributed by atoms with E-state index in [0.717, 1.165) is 37.6 Å². The minimum Gasteiger partial charge on any atom is -0.457 e. The minimum absolute atomic E-state index is 0.0470. The van der Waals surface area contributed by atoms with Crippen molar-refractivity contribution in [3.8, 4) is 0 Å². The molecular weight excluding hydrogens is 366 g/mol. The SMILES string of the molecule is CCn1c(COC(=O)C2CC2)nc2cc(S(=O)(=O)N3CCCCC3)ccc21. The molecule has 1 aromatic carbocycles. The topological polar surface area (TPSA) is 81.5 Å². The molecule has 1 aliphatic carbocycles. The van der Waals surface area contributed by atoms with Gasteiger partial charge in [0.15, 0.2) is 0 Å². The van der Waals surface area contributed by atoms with Crippen molar-refractivity contribution < 1.29 is 17.9 Å². The van der Waals surface area contributed by atoms with Gasteiger partial charge >= 0.3 is 5.97 Å². The van der Waals surface area contributed by atoms with Gasteiger partial charge in [0.05, 0.1) is 21.8 Å². The van der Waals surface area contributed by atoms with Crippen LogP contribution in [0.1, 0.15) is 44.9 Å². The maximum atomic E-state index is 12.9. The number of piperidine rings is 1. The lowest BCUT2D eigenvalue weighted by Crippen LogP contribution is -2.35. The van der Waals surface area contributed by atoms with Crippen molar-refractivity contribution >= 4 is 27.0 Å². The highest BCUT2D eigenvalue weighted by atomic mass is 32.2. The summed E-state index contributed by atoms with van der Waals surface area (Å²) in [6.07, 6.45) is 4.70. The first-order chi connectivity index (χ1) is 13.0. The number of fused-ring (bicyclic) bond motifs is 1. The minimum atomic E-state index is -3.49. The van der Waals surface area contributed by atoms with E-state index in [4.69, 9.17) is 4.74 Å². The summed E-state index contributed by atoms with van der Waals surface area (Å²) in [6, 6.07) is 5.09. The zero-order chi connectivity index (χ0) is 19.0. The third-order valence-electron chi connectivity index (χ3n) is 5.32. The van der Waals surface area contributed by atoms with Crippen LogP contribution in [-0.4, -0.2) is 41.3 Å². The Bertz CT molecular complexity index is 957. The summed E-state index contributed by atoms with van der Waals surface area (Å²) in [5, 5.41) is 0. The normalized spacial score (nSPS) is 18.7. The van der Waals surface area contributed by atoms with Crippen LogP contribution in [-0.2, 0) is 32.7 Å². The quantitative estimate of drug-likeness (QED) is 0.707. The van der Waals surface area contributed by atoms with E-state index >= 15 is 0 Å². The number of hydrogen-bond acceptors (Lipinski definition) is 5. The number of sulfonamides is 1. The van der Waals surface area contributed by atoms with Gasteiger partial charge in [0, 0.05) is 19.6 Å². The molecule has 0 atom stereocenters. The Hall–Kier alpha value is -1.93. The summed E-state index contributed by atoms with van der Waals surface area (Å²) in [6.45, 7) is 3.93. The molecule has 4 rings (SSSR count). The highest BCUT2D eigenvalue weighted by molar-refractivity contribution is 7.89. The van der Waals surface area contributed by atoms with E-state index in [2.05, 4.69) is 4.98 Å². The maximum Gasteiger partial charge on any atom is 0.309 e. The molecule has 7 nitrogen and oxygen atoms in total. The van der Waals surface area contributed by atoms with Crippen molar-refractivity contribution in [1.82, 2.24) is 13.9 Å². The van der Waals surface area contributed by atoms with Gasteiger partial charge in [-0.2, -0.15) is 4.31 Å². The molecule has 8 heteroatoms. The molecule has 1 saturated heterocycles. The number of rotatable bonds is 6. The van der Waals surface area contributed by atoms with Crippen LogP contribution in [0.25, 0.3) is 11.0 Å². The Labute approximate surface area is 159 Å². The Morgan fingerprint density at radius 3 is 2.63 bits per heavy atom. The maximum absolute atomic E-state index is 12.9. The van der Waals surface area contributed by atoms with Gasteiger partial charge in [0.2, 0.25) is 10.0 Å². The van der Waals surface area contributed by atoms with Crippen molar-refractivity contribution in [3.63, 3.8) is 0 Å². The number of aryl methyl sites for hydroxylation is 1. The second kappa shape index (κ2) is 7.24. The first-order valence-electron chi connectivity index (χ1n) is 9.66. The number of hydrogen-bond donors (Lipinski definition) is 0. The molecule has 0 bridgehead atoms. The Morgan fingerprint density at radius 2 is 1.96 bits per heavy atom. The molecule has 0 spiro atoms. The molecule has 0 radical (unpaired) electrons. The number of carbonyl (C=O) groups is 1. The Balaban J connectivity index is 1.62. The molecule has 27 heavy (non-hydrogen) atoms. The van der Waals surface area contributed by atoms with Gasteiger partial charge in [-0.05, 0) is 50.8 Å². The molecule has 0 N–H and O–H groups in total. The highest BCUT2D eigenvalue weighted by Crippen LogP contribution is 2.30. The Morgan fingerprint density at radius 1 is 1.22 bits per heavy atom. The fourth-order valence-electron chi connectivity index (χ4n) is 3.61. The predicted molar refractivity (Wildman–Crippen MR) is 101 cm³/mol. The van der Waals surface area contributed by atoms with Crippen LogP contribution in [0, 0.1) is 5.92 Å². The second-order valence-corrected chi connectivity index (χ2v) is 9.21. The third kappa shape index (κ3) is 3.60. The second-order valence-electron chi connectivity index (χ2n) is 7.27. The zero-order valence-electron chi connectivity index (χ0n) is 15.6.